The number of carbonyl (C=O) groups excluding carboxylic acids is 1. The summed E-state index contributed by atoms with van der Waals surface area (Å²) in [6.07, 6.45) is 0. The van der Waals surface area contributed by atoms with Gasteiger partial charge in [0.2, 0.25) is 0 Å². The fraction of sp³-hybridized carbons (Fsp3) is 0.235. The largest absolute Gasteiger partial charge is 0.504 e. The lowest BCUT2D eigenvalue weighted by atomic mass is 10.1. The average molecular weight is 285 g/mol. The highest BCUT2D eigenvalue weighted by Crippen LogP contribution is 2.26. The fourth-order valence-corrected chi connectivity index (χ4v) is 2.16. The van der Waals surface area contributed by atoms with Gasteiger partial charge in [-0.2, -0.15) is 0 Å². The van der Waals surface area contributed by atoms with Crippen molar-refractivity contribution >= 4 is 5.91 Å². The average Bonchev–Trinajstić information content (AvgIpc) is 2.48. The number of ether oxygens (including phenoxy) is 1. The van der Waals surface area contributed by atoms with Gasteiger partial charge in [-0.05, 0) is 36.2 Å². The number of hydrogen-bond donors (Lipinski definition) is 1. The zero-order valence-corrected chi connectivity index (χ0v) is 12.5. The summed E-state index contributed by atoms with van der Waals surface area (Å²) in [4.78, 5) is 14.0. The van der Waals surface area contributed by atoms with Crippen LogP contribution < -0.4 is 4.74 Å². The van der Waals surface area contributed by atoms with E-state index in [0.29, 0.717) is 17.9 Å². The van der Waals surface area contributed by atoms with Crippen LogP contribution in [0.3, 0.4) is 0 Å². The SMILES string of the molecule is COc1ccc(C(=O)N(C)Cc2ccccc2C)cc1O. The van der Waals surface area contributed by atoms with E-state index in [4.69, 9.17) is 4.74 Å². The van der Waals surface area contributed by atoms with E-state index in [1.807, 2.05) is 31.2 Å². The van der Waals surface area contributed by atoms with Gasteiger partial charge < -0.3 is 14.7 Å². The molecule has 0 unspecified atom stereocenters. The third-order valence-corrected chi connectivity index (χ3v) is 3.44. The second kappa shape index (κ2) is 6.31. The van der Waals surface area contributed by atoms with Crippen molar-refractivity contribution in [2.75, 3.05) is 14.2 Å². The Morgan fingerprint density at radius 2 is 1.95 bits per heavy atom. The first-order valence-electron chi connectivity index (χ1n) is 6.70. The molecule has 4 nitrogen and oxygen atoms in total. The molecule has 4 heteroatoms. The van der Waals surface area contributed by atoms with E-state index in [1.54, 1.807) is 24.1 Å². The van der Waals surface area contributed by atoms with Crippen molar-refractivity contribution in [3.8, 4) is 11.5 Å². The highest BCUT2D eigenvalue weighted by Gasteiger charge is 2.14. The second-order valence-electron chi connectivity index (χ2n) is 4.97. The molecule has 0 heterocycles. The van der Waals surface area contributed by atoms with Gasteiger partial charge in [0.25, 0.3) is 5.91 Å². The number of amides is 1. The first kappa shape index (κ1) is 14.9. The Balaban J connectivity index is 2.16. The number of nitrogens with zero attached hydrogens (tertiary/aromatic N) is 1. The lowest BCUT2D eigenvalue weighted by molar-refractivity contribution is 0.0784. The van der Waals surface area contributed by atoms with Gasteiger partial charge in [0.05, 0.1) is 7.11 Å². The minimum absolute atomic E-state index is 0.0346. The zero-order valence-electron chi connectivity index (χ0n) is 12.5. The molecule has 0 atom stereocenters. The number of phenols is 1. The molecule has 0 aromatic heterocycles. The number of aromatic hydroxyl groups is 1. The summed E-state index contributed by atoms with van der Waals surface area (Å²) in [5.41, 5.74) is 2.69. The Labute approximate surface area is 124 Å². The van der Waals surface area contributed by atoms with Crippen LogP contribution in [0.1, 0.15) is 21.5 Å². The third kappa shape index (κ3) is 3.34. The molecule has 2 aromatic carbocycles. The first-order chi connectivity index (χ1) is 10.0. The third-order valence-electron chi connectivity index (χ3n) is 3.44. The number of benzene rings is 2. The second-order valence-corrected chi connectivity index (χ2v) is 4.97. The van der Waals surface area contributed by atoms with Crippen LogP contribution in [0.25, 0.3) is 0 Å². The summed E-state index contributed by atoms with van der Waals surface area (Å²) in [6.45, 7) is 2.55. The molecule has 21 heavy (non-hydrogen) atoms. The van der Waals surface area contributed by atoms with E-state index in [1.165, 1.54) is 13.2 Å². The van der Waals surface area contributed by atoms with Crippen molar-refractivity contribution in [3.05, 3.63) is 59.2 Å². The predicted molar refractivity (Wildman–Crippen MR) is 81.6 cm³/mol. The molecule has 1 amide bonds. The van der Waals surface area contributed by atoms with Crippen molar-refractivity contribution < 1.29 is 14.6 Å². The van der Waals surface area contributed by atoms with Crippen molar-refractivity contribution in [3.63, 3.8) is 0 Å². The van der Waals surface area contributed by atoms with Crippen LogP contribution in [-0.2, 0) is 6.54 Å². The van der Waals surface area contributed by atoms with Gasteiger partial charge in [0, 0.05) is 19.2 Å². The summed E-state index contributed by atoms with van der Waals surface area (Å²) >= 11 is 0. The quantitative estimate of drug-likeness (QED) is 0.939. The van der Waals surface area contributed by atoms with Crippen LogP contribution in [0.15, 0.2) is 42.5 Å². The molecular weight excluding hydrogens is 266 g/mol. The number of aryl methyl sites for hydroxylation is 1. The maximum Gasteiger partial charge on any atom is 0.254 e. The number of methoxy groups -OCH3 is 1. The maximum absolute atomic E-state index is 12.4. The molecular formula is C17H19NO3. The standard InChI is InChI=1S/C17H19NO3/c1-12-6-4-5-7-14(12)11-18(2)17(20)13-8-9-16(21-3)15(19)10-13/h4-10,19H,11H2,1-3H3. The Morgan fingerprint density at radius 3 is 2.57 bits per heavy atom. The Morgan fingerprint density at radius 1 is 1.24 bits per heavy atom. The summed E-state index contributed by atoms with van der Waals surface area (Å²) < 4.78 is 4.98. The van der Waals surface area contributed by atoms with Crippen molar-refractivity contribution in [1.82, 2.24) is 4.90 Å². The number of phenolic OH excluding ortho intramolecular Hbond substituents is 1. The van der Waals surface area contributed by atoms with E-state index >= 15 is 0 Å². The topological polar surface area (TPSA) is 49.8 Å². The van der Waals surface area contributed by atoms with Gasteiger partial charge in [0.15, 0.2) is 11.5 Å². The van der Waals surface area contributed by atoms with Gasteiger partial charge in [0.1, 0.15) is 0 Å². The molecule has 1 N–H and O–H groups in total. The summed E-state index contributed by atoms with van der Waals surface area (Å²) in [7, 11) is 3.22. The van der Waals surface area contributed by atoms with E-state index in [9.17, 15) is 9.90 Å². The molecule has 2 rings (SSSR count). The van der Waals surface area contributed by atoms with E-state index in [-0.39, 0.29) is 11.7 Å². The molecule has 0 aliphatic heterocycles. The molecule has 0 aliphatic carbocycles. The number of hydrogen-bond acceptors (Lipinski definition) is 3. The van der Waals surface area contributed by atoms with Crippen molar-refractivity contribution in [1.29, 1.82) is 0 Å². The molecule has 110 valence electrons. The normalized spacial score (nSPS) is 10.2. The minimum Gasteiger partial charge on any atom is -0.504 e. The van der Waals surface area contributed by atoms with E-state index in [0.717, 1.165) is 11.1 Å². The van der Waals surface area contributed by atoms with Crippen LogP contribution in [0.4, 0.5) is 0 Å². The molecule has 0 aliphatic rings. The molecule has 0 saturated heterocycles. The van der Waals surface area contributed by atoms with E-state index < -0.39 is 0 Å². The molecule has 0 bridgehead atoms. The number of carbonyl (C=O) groups is 1. The van der Waals surface area contributed by atoms with Gasteiger partial charge in [-0.25, -0.2) is 0 Å². The van der Waals surface area contributed by atoms with Gasteiger partial charge in [-0.3, -0.25) is 4.79 Å². The molecule has 0 radical (unpaired) electrons. The molecule has 0 saturated carbocycles. The van der Waals surface area contributed by atoms with E-state index in [2.05, 4.69) is 0 Å². The van der Waals surface area contributed by atoms with Crippen LogP contribution in [0.5, 0.6) is 11.5 Å². The number of rotatable bonds is 4. The van der Waals surface area contributed by atoms with Crippen LogP contribution >= 0.6 is 0 Å². The highest BCUT2D eigenvalue weighted by molar-refractivity contribution is 5.94. The monoisotopic (exact) mass is 285 g/mol. The molecule has 0 fully saturated rings. The Hall–Kier alpha value is -2.49. The maximum atomic E-state index is 12.4. The van der Waals surface area contributed by atoms with Gasteiger partial charge in [-0.1, -0.05) is 24.3 Å². The predicted octanol–water partition coefficient (Wildman–Crippen LogP) is 2.98. The minimum atomic E-state index is -0.142. The van der Waals surface area contributed by atoms with Crippen molar-refractivity contribution in [2.45, 2.75) is 13.5 Å². The van der Waals surface area contributed by atoms with Crippen LogP contribution in [0, 0.1) is 6.92 Å². The highest BCUT2D eigenvalue weighted by atomic mass is 16.5. The smallest absolute Gasteiger partial charge is 0.254 e. The van der Waals surface area contributed by atoms with Gasteiger partial charge >= 0.3 is 0 Å². The lowest BCUT2D eigenvalue weighted by Crippen LogP contribution is -2.26. The Kier molecular flexibility index (Phi) is 4.48. The Bertz CT molecular complexity index is 652. The summed E-state index contributed by atoms with van der Waals surface area (Å²) in [6, 6.07) is 12.6. The molecule has 0 spiro atoms. The van der Waals surface area contributed by atoms with Crippen LogP contribution in [0.2, 0.25) is 0 Å². The van der Waals surface area contributed by atoms with Crippen molar-refractivity contribution in [2.24, 2.45) is 0 Å². The lowest BCUT2D eigenvalue weighted by Gasteiger charge is -2.19. The summed E-state index contributed by atoms with van der Waals surface area (Å²) in [5, 5.41) is 9.76. The van der Waals surface area contributed by atoms with Gasteiger partial charge in [-0.15, -0.1) is 0 Å². The summed E-state index contributed by atoms with van der Waals surface area (Å²) in [5.74, 6) is 0.178. The molecule has 2 aromatic rings. The first-order valence-corrected chi connectivity index (χ1v) is 6.70. The van der Waals surface area contributed by atoms with Crippen LogP contribution in [-0.4, -0.2) is 30.1 Å². The fourth-order valence-electron chi connectivity index (χ4n) is 2.16. The zero-order chi connectivity index (χ0) is 15.4.